The minimum atomic E-state index is -3.58. The van der Waals surface area contributed by atoms with Gasteiger partial charge in [0, 0.05) is 11.8 Å². The van der Waals surface area contributed by atoms with Crippen LogP contribution >= 0.6 is 0 Å². The molecule has 0 saturated heterocycles. The number of pyridine rings is 1. The van der Waals surface area contributed by atoms with Crippen LogP contribution in [0, 0.1) is 11.4 Å². The van der Waals surface area contributed by atoms with Crippen LogP contribution in [-0.4, -0.2) is 30.3 Å². The summed E-state index contributed by atoms with van der Waals surface area (Å²) < 4.78 is 25.6. The van der Waals surface area contributed by atoms with Crippen molar-refractivity contribution in [3.8, 4) is 0 Å². The number of nitrogens with one attached hydrogen (secondary N) is 1. The van der Waals surface area contributed by atoms with Crippen molar-refractivity contribution in [1.29, 1.82) is 0 Å². The zero-order chi connectivity index (χ0) is 19.7. The molecule has 144 valence electrons. The van der Waals surface area contributed by atoms with Crippen LogP contribution in [0.4, 0.5) is 0 Å². The Morgan fingerprint density at radius 1 is 1.25 bits per heavy atom. The highest BCUT2D eigenvalue weighted by molar-refractivity contribution is 7.91. The number of carbonyl (C=O) groups is 1. The average molecular weight is 414 g/mol. The molecular weight excluding hydrogens is 394 g/mol. The lowest BCUT2D eigenvalue weighted by Gasteiger charge is -2.20. The Kier molecular flexibility index (Phi) is 4.92. The largest absolute Gasteiger partial charge is 0.382 e. The lowest BCUT2D eigenvalue weighted by Crippen LogP contribution is -2.86. The molecule has 0 unspecified atom stereocenters. The molecule has 1 aliphatic rings. The number of nitrogens with two attached hydrogens (primary N) is 1. The zero-order valence-corrected chi connectivity index (χ0v) is 16.8. The Morgan fingerprint density at radius 3 is 2.82 bits per heavy atom. The number of H-pyrrole nitrogens is 1. The van der Waals surface area contributed by atoms with Crippen LogP contribution in [0.3, 0.4) is 0 Å². The van der Waals surface area contributed by atoms with Gasteiger partial charge in [-0.3, -0.25) is 4.98 Å². The minimum absolute atomic E-state index is 0.00896. The molecule has 0 atom stereocenters. The number of nitrogens with zero attached hydrogens (tertiary/aromatic N) is 1. The highest BCUT2D eigenvalue weighted by Crippen LogP contribution is 2.26. The third kappa shape index (κ3) is 3.30. The maximum Gasteiger partial charge on any atom is 0.277 e. The van der Waals surface area contributed by atoms with Crippen molar-refractivity contribution >= 4 is 43.2 Å². The summed E-state index contributed by atoms with van der Waals surface area (Å²) in [7, 11) is -3.58. The summed E-state index contributed by atoms with van der Waals surface area (Å²) in [6, 6.07) is 11.4. The van der Waals surface area contributed by atoms with E-state index in [4.69, 9.17) is 0 Å². The molecule has 0 spiro atoms. The number of quaternary nitrogens is 1. The number of aromatic nitrogens is 2. The third-order valence-electron chi connectivity index (χ3n) is 4.49. The van der Waals surface area contributed by atoms with E-state index in [9.17, 15) is 13.2 Å². The SMILES string of the molecule is CCCS(=O)(=O)[c-]1[nH+]c2ccccc2c1C(=O)[C-]1C=[S+][C-](c2cccnc2)[NH2+]1. The molecule has 0 bridgehead atoms. The van der Waals surface area contributed by atoms with Crippen LogP contribution in [0.15, 0.2) is 53.8 Å². The van der Waals surface area contributed by atoms with E-state index in [0.717, 1.165) is 10.9 Å². The van der Waals surface area contributed by atoms with E-state index in [1.54, 1.807) is 48.2 Å². The Morgan fingerprint density at radius 2 is 2.07 bits per heavy atom. The first kappa shape index (κ1) is 18.7. The molecule has 28 heavy (non-hydrogen) atoms. The number of carbonyl (C=O) groups excluding carboxylic acids is 1. The average Bonchev–Trinajstić information content (AvgIpc) is 3.34. The Hall–Kier alpha value is -2.68. The Balaban J connectivity index is 1.73. The molecule has 0 aliphatic carbocycles. The van der Waals surface area contributed by atoms with Crippen LogP contribution in [-0.2, 0) is 21.2 Å². The van der Waals surface area contributed by atoms with Crippen molar-refractivity contribution in [2.75, 3.05) is 5.75 Å². The van der Waals surface area contributed by atoms with E-state index >= 15 is 0 Å². The van der Waals surface area contributed by atoms with Crippen LogP contribution in [0.5, 0.6) is 0 Å². The summed E-state index contributed by atoms with van der Waals surface area (Å²) in [6.45, 7) is 1.81. The first-order chi connectivity index (χ1) is 13.5. The van der Waals surface area contributed by atoms with Crippen molar-refractivity contribution in [2.24, 2.45) is 0 Å². The van der Waals surface area contributed by atoms with Crippen LogP contribution < -0.4 is 10.3 Å². The van der Waals surface area contributed by atoms with Crippen LogP contribution in [0.2, 0.25) is 0 Å². The maximum absolute atomic E-state index is 13.3. The number of aromatic amines is 1. The summed E-state index contributed by atoms with van der Waals surface area (Å²) in [5.41, 5.74) is 1.78. The number of ketones is 1. The van der Waals surface area contributed by atoms with E-state index in [2.05, 4.69) is 9.97 Å². The van der Waals surface area contributed by atoms with Gasteiger partial charge in [-0.1, -0.05) is 31.3 Å². The molecule has 6 nitrogen and oxygen atoms in total. The molecular formula is C20H19N3O3S2. The van der Waals surface area contributed by atoms with Gasteiger partial charge in [0.05, 0.1) is 11.3 Å². The standard InChI is InChI=1S/C20H19N3O3S2/c1-2-10-28(25,26)20-17(14-7-3-4-8-15(14)23-20)18(24)16-12-27-19(22-16)13-6-5-9-21-11-13/h3-9,11-12,23H,2,10,22H2,1H3. The fourth-order valence-corrected chi connectivity index (χ4v) is 5.61. The number of benzene rings is 1. The minimum Gasteiger partial charge on any atom is -0.382 e. The topological polar surface area (TPSA) is 94.8 Å². The molecule has 3 N–H and O–H groups in total. The molecule has 3 aromatic rings. The second-order valence-corrected chi connectivity index (χ2v) is 9.42. The van der Waals surface area contributed by atoms with Gasteiger partial charge >= 0.3 is 0 Å². The number of hydrogen-bond donors (Lipinski definition) is 1. The number of para-hydroxylation sites is 1. The second kappa shape index (κ2) is 7.38. The zero-order valence-electron chi connectivity index (χ0n) is 15.2. The fraction of sp³-hybridized carbons (Fsp3) is 0.150. The number of sulfone groups is 1. The first-order valence-corrected chi connectivity index (χ1v) is 11.4. The van der Waals surface area contributed by atoms with Crippen LogP contribution in [0.25, 0.3) is 10.9 Å². The predicted molar refractivity (Wildman–Crippen MR) is 108 cm³/mol. The highest BCUT2D eigenvalue weighted by atomic mass is 32.2. The third-order valence-corrected chi connectivity index (χ3v) is 7.34. The van der Waals surface area contributed by atoms with Crippen molar-refractivity contribution in [1.82, 2.24) is 4.98 Å². The van der Waals surface area contributed by atoms with Gasteiger partial charge in [0.2, 0.25) is 0 Å². The van der Waals surface area contributed by atoms with Crippen molar-refractivity contribution in [3.05, 3.63) is 71.3 Å². The monoisotopic (exact) mass is 413 g/mol. The van der Waals surface area contributed by atoms with Crippen LogP contribution in [0.1, 0.15) is 29.3 Å². The van der Waals surface area contributed by atoms with Crippen molar-refractivity contribution < 1.29 is 23.5 Å². The lowest BCUT2D eigenvalue weighted by atomic mass is 10.0. The normalized spacial score (nSPS) is 14.2. The van der Waals surface area contributed by atoms with E-state index in [0.29, 0.717) is 23.4 Å². The number of hydrogen-bond acceptors (Lipinski definition) is 4. The van der Waals surface area contributed by atoms with E-state index in [1.807, 2.05) is 18.2 Å². The van der Waals surface area contributed by atoms with Gasteiger partial charge in [-0.2, -0.15) is 5.56 Å². The smallest absolute Gasteiger partial charge is 0.277 e. The maximum atomic E-state index is 13.3. The molecule has 4 rings (SSSR count). The first-order valence-electron chi connectivity index (χ1n) is 8.88. The van der Waals surface area contributed by atoms with Gasteiger partial charge in [-0.15, -0.1) is 17.5 Å². The van der Waals surface area contributed by atoms with Gasteiger partial charge in [0.1, 0.15) is 5.03 Å². The molecule has 0 fully saturated rings. The molecule has 0 radical (unpaired) electrons. The molecule has 2 aromatic heterocycles. The molecule has 0 amide bonds. The van der Waals surface area contributed by atoms with Gasteiger partial charge in [-0.25, -0.2) is 8.42 Å². The summed E-state index contributed by atoms with van der Waals surface area (Å²) in [5.74, 6) is -0.302. The summed E-state index contributed by atoms with van der Waals surface area (Å²) in [6.07, 6.45) is 3.91. The highest BCUT2D eigenvalue weighted by Gasteiger charge is 2.31. The van der Waals surface area contributed by atoms with E-state index in [-0.39, 0.29) is 22.1 Å². The predicted octanol–water partition coefficient (Wildman–Crippen LogP) is 0.666. The summed E-state index contributed by atoms with van der Waals surface area (Å²) >= 11 is 1.44. The van der Waals surface area contributed by atoms with E-state index < -0.39 is 9.84 Å². The number of fused-ring (bicyclic) bond motifs is 1. The number of Topliss-reactive ketones (excluding diaryl/α,β-unsaturated/α-hetero) is 1. The summed E-state index contributed by atoms with van der Waals surface area (Å²) in [4.78, 5) is 20.4. The van der Waals surface area contributed by atoms with Gasteiger partial charge in [-0.05, 0) is 24.2 Å². The molecule has 0 saturated carbocycles. The van der Waals surface area contributed by atoms with Gasteiger partial charge in [0.25, 0.3) is 5.37 Å². The summed E-state index contributed by atoms with van der Waals surface area (Å²) in [5, 5.41) is 5.10. The van der Waals surface area contributed by atoms with Gasteiger partial charge < -0.3 is 15.1 Å². The Labute approximate surface area is 167 Å². The quantitative estimate of drug-likeness (QED) is 0.278. The lowest BCUT2D eigenvalue weighted by molar-refractivity contribution is -0.580. The molecule has 3 heterocycles. The Bertz CT molecular complexity index is 1150. The van der Waals surface area contributed by atoms with Crippen molar-refractivity contribution in [3.63, 3.8) is 0 Å². The second-order valence-electron chi connectivity index (χ2n) is 6.46. The molecule has 1 aromatic carbocycles. The van der Waals surface area contributed by atoms with Crippen molar-refractivity contribution in [2.45, 2.75) is 18.4 Å². The molecule has 8 heteroatoms. The van der Waals surface area contributed by atoms with Gasteiger partial charge in [0.15, 0.2) is 26.6 Å². The molecule has 1 aliphatic heterocycles. The van der Waals surface area contributed by atoms with E-state index in [1.165, 1.54) is 11.4 Å². The number of rotatable bonds is 6. The fourth-order valence-electron chi connectivity index (χ4n) is 3.21.